The highest BCUT2D eigenvalue weighted by molar-refractivity contribution is 9.10. The van der Waals surface area contributed by atoms with Gasteiger partial charge >= 0.3 is 0 Å². The van der Waals surface area contributed by atoms with Gasteiger partial charge in [0.1, 0.15) is 0 Å². The standard InChI is InChI=1S/C20H14BrN3O2S/c21-15-9-10-17(13-6-2-1-5-12(13)15)22-18(25)11-27-20-23-16-8-4-3-7-14(16)19(26)24-20/h1-10H,11H2,(H,22,25)(H,23,24,26). The normalized spacial score (nSPS) is 11.0. The molecule has 1 heterocycles. The number of rotatable bonds is 4. The molecule has 2 N–H and O–H groups in total. The summed E-state index contributed by atoms with van der Waals surface area (Å²) in [5, 5.41) is 5.89. The number of H-pyrrole nitrogens is 1. The number of hydrogen-bond acceptors (Lipinski definition) is 4. The molecule has 0 saturated carbocycles. The van der Waals surface area contributed by atoms with Gasteiger partial charge in [-0.15, -0.1) is 0 Å². The van der Waals surface area contributed by atoms with E-state index in [0.717, 1.165) is 20.9 Å². The number of carbonyl (C=O) groups excluding carboxylic acids is 1. The summed E-state index contributed by atoms with van der Waals surface area (Å²) in [5.74, 6) is -0.0191. The summed E-state index contributed by atoms with van der Waals surface area (Å²) in [5.41, 5.74) is 1.16. The Balaban J connectivity index is 1.51. The van der Waals surface area contributed by atoms with Crippen LogP contribution in [0.4, 0.5) is 5.69 Å². The van der Waals surface area contributed by atoms with E-state index in [0.29, 0.717) is 16.1 Å². The third-order valence-corrected chi connectivity index (χ3v) is 5.64. The Morgan fingerprint density at radius 3 is 2.52 bits per heavy atom. The first kappa shape index (κ1) is 17.8. The Kier molecular flexibility index (Phi) is 4.96. The first-order valence-electron chi connectivity index (χ1n) is 8.21. The van der Waals surface area contributed by atoms with Gasteiger partial charge in [-0.2, -0.15) is 0 Å². The topological polar surface area (TPSA) is 74.8 Å². The van der Waals surface area contributed by atoms with Crippen LogP contribution in [0.25, 0.3) is 21.7 Å². The number of anilines is 1. The van der Waals surface area contributed by atoms with Crippen molar-refractivity contribution in [3.05, 3.63) is 75.5 Å². The van der Waals surface area contributed by atoms with Crippen LogP contribution in [0.1, 0.15) is 0 Å². The van der Waals surface area contributed by atoms with Crippen molar-refractivity contribution in [2.24, 2.45) is 0 Å². The maximum atomic E-state index is 12.4. The molecule has 134 valence electrons. The number of nitrogens with one attached hydrogen (secondary N) is 2. The summed E-state index contributed by atoms with van der Waals surface area (Å²) in [6, 6.07) is 18.7. The van der Waals surface area contributed by atoms with Crippen LogP contribution in [-0.4, -0.2) is 21.6 Å². The van der Waals surface area contributed by atoms with Gasteiger partial charge in [-0.3, -0.25) is 9.59 Å². The fourth-order valence-corrected chi connectivity index (χ4v) is 3.97. The van der Waals surface area contributed by atoms with Gasteiger partial charge in [0.15, 0.2) is 5.16 Å². The van der Waals surface area contributed by atoms with Crippen LogP contribution in [0, 0.1) is 0 Å². The number of aromatic nitrogens is 2. The summed E-state index contributed by atoms with van der Waals surface area (Å²) in [6.07, 6.45) is 0. The van der Waals surface area contributed by atoms with E-state index in [4.69, 9.17) is 0 Å². The molecule has 0 aliphatic carbocycles. The van der Waals surface area contributed by atoms with Crippen LogP contribution in [0.5, 0.6) is 0 Å². The van der Waals surface area contributed by atoms with E-state index in [-0.39, 0.29) is 17.2 Å². The van der Waals surface area contributed by atoms with Gasteiger partial charge in [0.05, 0.1) is 16.7 Å². The van der Waals surface area contributed by atoms with Gasteiger partial charge in [-0.25, -0.2) is 4.98 Å². The fraction of sp³-hybridized carbons (Fsp3) is 0.0500. The van der Waals surface area contributed by atoms with E-state index in [1.807, 2.05) is 42.5 Å². The molecule has 0 fully saturated rings. The highest BCUT2D eigenvalue weighted by atomic mass is 79.9. The van der Waals surface area contributed by atoms with Crippen LogP contribution < -0.4 is 10.9 Å². The van der Waals surface area contributed by atoms with Crippen molar-refractivity contribution in [3.63, 3.8) is 0 Å². The van der Waals surface area contributed by atoms with E-state index in [2.05, 4.69) is 31.2 Å². The van der Waals surface area contributed by atoms with E-state index in [1.54, 1.807) is 18.2 Å². The molecule has 0 bridgehead atoms. The molecular formula is C20H14BrN3O2S. The van der Waals surface area contributed by atoms with Crippen LogP contribution in [0.2, 0.25) is 0 Å². The average molecular weight is 440 g/mol. The second-order valence-corrected chi connectivity index (χ2v) is 7.68. The molecule has 0 aliphatic rings. The Morgan fingerprint density at radius 2 is 1.70 bits per heavy atom. The first-order chi connectivity index (χ1) is 13.1. The van der Waals surface area contributed by atoms with Crippen LogP contribution in [-0.2, 0) is 4.79 Å². The second kappa shape index (κ2) is 7.54. The molecule has 0 atom stereocenters. The predicted molar refractivity (Wildman–Crippen MR) is 113 cm³/mol. The Morgan fingerprint density at radius 1 is 1.00 bits per heavy atom. The maximum absolute atomic E-state index is 12.4. The predicted octanol–water partition coefficient (Wildman–Crippen LogP) is 4.57. The molecule has 3 aromatic carbocycles. The molecule has 0 radical (unpaired) electrons. The Bertz CT molecular complexity index is 1220. The van der Waals surface area contributed by atoms with Crippen molar-refractivity contribution in [2.75, 3.05) is 11.1 Å². The Hall–Kier alpha value is -2.64. The highest BCUT2D eigenvalue weighted by Gasteiger charge is 2.10. The largest absolute Gasteiger partial charge is 0.325 e. The Labute approximate surface area is 167 Å². The number of para-hydroxylation sites is 1. The monoisotopic (exact) mass is 439 g/mol. The minimum absolute atomic E-state index is 0.145. The number of aromatic amines is 1. The summed E-state index contributed by atoms with van der Waals surface area (Å²) >= 11 is 4.72. The maximum Gasteiger partial charge on any atom is 0.259 e. The third-order valence-electron chi connectivity index (χ3n) is 4.08. The lowest BCUT2D eigenvalue weighted by molar-refractivity contribution is -0.113. The van der Waals surface area contributed by atoms with Crippen molar-refractivity contribution in [1.29, 1.82) is 0 Å². The molecule has 5 nitrogen and oxygen atoms in total. The zero-order valence-electron chi connectivity index (χ0n) is 14.0. The molecule has 7 heteroatoms. The molecule has 0 unspecified atom stereocenters. The number of amides is 1. The lowest BCUT2D eigenvalue weighted by Crippen LogP contribution is -2.15. The summed E-state index contributed by atoms with van der Waals surface area (Å²) in [7, 11) is 0. The number of carbonyl (C=O) groups is 1. The molecule has 1 amide bonds. The lowest BCUT2D eigenvalue weighted by Gasteiger charge is -2.10. The minimum atomic E-state index is -0.206. The minimum Gasteiger partial charge on any atom is -0.325 e. The smallest absolute Gasteiger partial charge is 0.259 e. The third kappa shape index (κ3) is 3.74. The van der Waals surface area contributed by atoms with Gasteiger partial charge < -0.3 is 10.3 Å². The van der Waals surface area contributed by atoms with Crippen molar-refractivity contribution < 1.29 is 4.79 Å². The number of benzene rings is 3. The van der Waals surface area contributed by atoms with Crippen LogP contribution in [0.3, 0.4) is 0 Å². The van der Waals surface area contributed by atoms with Gasteiger partial charge in [0, 0.05) is 15.5 Å². The molecule has 4 aromatic rings. The second-order valence-electron chi connectivity index (χ2n) is 5.87. The fourth-order valence-electron chi connectivity index (χ4n) is 2.82. The quantitative estimate of drug-likeness (QED) is 0.360. The molecule has 27 heavy (non-hydrogen) atoms. The summed E-state index contributed by atoms with van der Waals surface area (Å²) in [4.78, 5) is 31.6. The van der Waals surface area contributed by atoms with E-state index >= 15 is 0 Å². The molecule has 4 rings (SSSR count). The van der Waals surface area contributed by atoms with Crippen molar-refractivity contribution >= 4 is 61.0 Å². The molecule has 0 spiro atoms. The van der Waals surface area contributed by atoms with Gasteiger partial charge in [0.2, 0.25) is 5.91 Å². The van der Waals surface area contributed by atoms with Crippen molar-refractivity contribution in [1.82, 2.24) is 9.97 Å². The van der Waals surface area contributed by atoms with Gasteiger partial charge in [-0.1, -0.05) is 64.1 Å². The first-order valence-corrected chi connectivity index (χ1v) is 9.98. The van der Waals surface area contributed by atoms with Crippen molar-refractivity contribution in [3.8, 4) is 0 Å². The van der Waals surface area contributed by atoms with Crippen LogP contribution >= 0.6 is 27.7 Å². The number of nitrogens with zero attached hydrogens (tertiary/aromatic N) is 1. The molecule has 1 aromatic heterocycles. The van der Waals surface area contributed by atoms with Crippen molar-refractivity contribution in [2.45, 2.75) is 5.16 Å². The average Bonchev–Trinajstić information content (AvgIpc) is 2.69. The molecular weight excluding hydrogens is 426 g/mol. The SMILES string of the molecule is O=C(CSc1nc2ccccc2c(=O)[nH]1)Nc1ccc(Br)c2ccccc12. The van der Waals surface area contributed by atoms with E-state index < -0.39 is 0 Å². The van der Waals surface area contributed by atoms with Crippen LogP contribution in [0.15, 0.2) is 75.1 Å². The molecule has 0 saturated heterocycles. The lowest BCUT2D eigenvalue weighted by atomic mass is 10.1. The van der Waals surface area contributed by atoms with Gasteiger partial charge in [0.25, 0.3) is 5.56 Å². The molecule has 0 aliphatic heterocycles. The zero-order chi connectivity index (χ0) is 18.8. The number of fused-ring (bicyclic) bond motifs is 2. The van der Waals surface area contributed by atoms with E-state index in [9.17, 15) is 9.59 Å². The van der Waals surface area contributed by atoms with E-state index in [1.165, 1.54) is 11.8 Å². The zero-order valence-corrected chi connectivity index (χ0v) is 16.4. The number of hydrogen-bond donors (Lipinski definition) is 2. The summed E-state index contributed by atoms with van der Waals surface area (Å²) in [6.45, 7) is 0. The summed E-state index contributed by atoms with van der Waals surface area (Å²) < 4.78 is 0.975. The number of halogens is 1. The highest BCUT2D eigenvalue weighted by Crippen LogP contribution is 2.30. The number of thioether (sulfide) groups is 1. The van der Waals surface area contributed by atoms with Gasteiger partial charge in [-0.05, 0) is 29.7 Å².